The molecule has 0 aliphatic rings. The number of hydrogen-bond acceptors (Lipinski definition) is 0. The van der Waals surface area contributed by atoms with Crippen molar-refractivity contribution >= 4 is 31.6 Å². The van der Waals surface area contributed by atoms with Gasteiger partial charge in [0.05, 0.1) is 0 Å². The van der Waals surface area contributed by atoms with Gasteiger partial charge in [0.2, 0.25) is 0 Å². The second-order valence-corrected chi connectivity index (χ2v) is 2.12. The summed E-state index contributed by atoms with van der Waals surface area (Å²) >= 11 is 0. The lowest BCUT2D eigenvalue weighted by atomic mass is 11.0. The molecule has 5 heavy (non-hydrogen) atoms. The predicted octanol–water partition coefficient (Wildman–Crippen LogP) is 0.934. The van der Waals surface area contributed by atoms with Crippen LogP contribution in [0.2, 0.25) is 0 Å². The van der Waals surface area contributed by atoms with Gasteiger partial charge in [0.1, 0.15) is 0 Å². The second kappa shape index (κ2) is 8.96. The van der Waals surface area contributed by atoms with Crippen molar-refractivity contribution in [1.82, 2.24) is 0 Å². The molecule has 0 amide bonds. The van der Waals surface area contributed by atoms with Gasteiger partial charge in [0.15, 0.2) is 0 Å². The van der Waals surface area contributed by atoms with E-state index in [9.17, 15) is 0 Å². The minimum absolute atomic E-state index is 0. The molecular formula is C3H9MgP. The molecule has 0 rings (SSSR count). The molecule has 0 fully saturated rings. The van der Waals surface area contributed by atoms with E-state index in [2.05, 4.69) is 13.6 Å². The summed E-state index contributed by atoms with van der Waals surface area (Å²) in [5, 5.41) is 0. The third-order valence-corrected chi connectivity index (χ3v) is 1.06. The Bertz CT molecular complexity index is 8.85. The summed E-state index contributed by atoms with van der Waals surface area (Å²) in [7, 11) is 1.14. The molecule has 0 aromatic carbocycles. The molecular weight excluding hydrogens is 91.3 g/mol. The van der Waals surface area contributed by atoms with Gasteiger partial charge in [-0.15, -0.1) is 8.58 Å². The normalized spacial score (nSPS) is 8.40. The maximum absolute atomic E-state index is 2.21. The van der Waals surface area contributed by atoms with Crippen molar-refractivity contribution in [2.75, 3.05) is 12.8 Å². The molecule has 1 atom stereocenters. The van der Waals surface area contributed by atoms with Crippen LogP contribution < -0.4 is 0 Å². The molecule has 2 radical (unpaired) electrons. The zero-order valence-corrected chi connectivity index (χ0v) is 6.33. The predicted molar refractivity (Wildman–Crippen MR) is 30.5 cm³/mol. The summed E-state index contributed by atoms with van der Waals surface area (Å²) in [6.07, 6.45) is 1.35. The summed E-state index contributed by atoms with van der Waals surface area (Å²) in [5.74, 6) is 0. The molecule has 2 heteroatoms. The zero-order chi connectivity index (χ0) is 3.41. The summed E-state index contributed by atoms with van der Waals surface area (Å²) < 4.78 is 0. The lowest BCUT2D eigenvalue weighted by molar-refractivity contribution is 1.52. The van der Waals surface area contributed by atoms with Crippen LogP contribution in [-0.2, 0) is 0 Å². The van der Waals surface area contributed by atoms with Crippen LogP contribution in [0.5, 0.6) is 0 Å². The smallest absolute Gasteiger partial charge is 0 e. The van der Waals surface area contributed by atoms with Gasteiger partial charge in [-0.05, 0) is 12.8 Å². The molecule has 0 saturated carbocycles. The molecule has 0 aromatic rings. The van der Waals surface area contributed by atoms with Crippen LogP contribution in [0.3, 0.4) is 0 Å². The van der Waals surface area contributed by atoms with E-state index >= 15 is 0 Å². The van der Waals surface area contributed by atoms with E-state index in [-0.39, 0.29) is 23.1 Å². The monoisotopic (exact) mass is 100 g/mol. The largest absolute Gasteiger partial charge is 0.126 e. The lowest BCUT2D eigenvalue weighted by Crippen LogP contribution is -1.47. The Morgan fingerprint density at radius 3 is 1.80 bits per heavy atom. The standard InChI is InChI=1S/C3H9P.Mg/c1-3-4-2;/h4H,3H2,1-2H3;. The van der Waals surface area contributed by atoms with Crippen LogP contribution in [-0.4, -0.2) is 35.9 Å². The van der Waals surface area contributed by atoms with E-state index in [1.54, 1.807) is 0 Å². The van der Waals surface area contributed by atoms with Crippen LogP contribution in [0, 0.1) is 0 Å². The molecule has 0 spiro atoms. The molecule has 0 aromatic heterocycles. The maximum atomic E-state index is 2.21. The van der Waals surface area contributed by atoms with Gasteiger partial charge in [-0.2, -0.15) is 0 Å². The number of rotatable bonds is 1. The first kappa shape index (κ1) is 9.50. The van der Waals surface area contributed by atoms with Crippen molar-refractivity contribution in [2.24, 2.45) is 0 Å². The third kappa shape index (κ3) is 11.0. The lowest BCUT2D eigenvalue weighted by Gasteiger charge is -1.69. The Labute approximate surface area is 51.7 Å². The minimum atomic E-state index is 0. The topological polar surface area (TPSA) is 0 Å². The molecule has 0 aliphatic heterocycles. The summed E-state index contributed by atoms with van der Waals surface area (Å²) in [6, 6.07) is 0. The molecule has 0 saturated heterocycles. The number of hydrogen-bond donors (Lipinski definition) is 0. The summed E-state index contributed by atoms with van der Waals surface area (Å²) in [5.41, 5.74) is 0. The highest BCUT2D eigenvalue weighted by molar-refractivity contribution is 7.36. The molecule has 0 aliphatic carbocycles. The molecule has 0 nitrogen and oxygen atoms in total. The Balaban J connectivity index is 0. The van der Waals surface area contributed by atoms with Gasteiger partial charge in [-0.1, -0.05) is 6.92 Å². The van der Waals surface area contributed by atoms with E-state index in [1.807, 2.05) is 0 Å². The first-order valence-electron chi connectivity index (χ1n) is 1.56. The van der Waals surface area contributed by atoms with Crippen LogP contribution in [0.1, 0.15) is 6.92 Å². The molecule has 0 heterocycles. The Hall–Kier alpha value is 1.20. The van der Waals surface area contributed by atoms with Gasteiger partial charge < -0.3 is 0 Å². The fraction of sp³-hybridized carbons (Fsp3) is 1.00. The van der Waals surface area contributed by atoms with Crippen LogP contribution in [0.15, 0.2) is 0 Å². The van der Waals surface area contributed by atoms with Gasteiger partial charge in [0, 0.05) is 23.1 Å². The molecule has 0 N–H and O–H groups in total. The Morgan fingerprint density at radius 1 is 1.60 bits per heavy atom. The fourth-order valence-electron chi connectivity index (χ4n) is 0. The van der Waals surface area contributed by atoms with Crippen LogP contribution >= 0.6 is 8.58 Å². The van der Waals surface area contributed by atoms with Crippen LogP contribution in [0.25, 0.3) is 0 Å². The average Bonchev–Trinajstić information content (AvgIpc) is 1.37. The van der Waals surface area contributed by atoms with E-state index in [4.69, 9.17) is 0 Å². The van der Waals surface area contributed by atoms with E-state index < -0.39 is 0 Å². The average molecular weight is 100 g/mol. The molecule has 0 bridgehead atoms. The van der Waals surface area contributed by atoms with Crippen molar-refractivity contribution in [3.63, 3.8) is 0 Å². The van der Waals surface area contributed by atoms with Gasteiger partial charge >= 0.3 is 0 Å². The van der Waals surface area contributed by atoms with E-state index in [1.165, 1.54) is 6.16 Å². The first-order valence-corrected chi connectivity index (χ1v) is 3.27. The van der Waals surface area contributed by atoms with Gasteiger partial charge in [-0.3, -0.25) is 0 Å². The zero-order valence-electron chi connectivity index (χ0n) is 3.91. The van der Waals surface area contributed by atoms with Crippen molar-refractivity contribution < 1.29 is 0 Å². The third-order valence-electron chi connectivity index (χ3n) is 0.354. The SMILES string of the molecule is CCPC.[Mg]. The van der Waals surface area contributed by atoms with Gasteiger partial charge in [0.25, 0.3) is 0 Å². The second-order valence-electron chi connectivity index (χ2n) is 0.707. The van der Waals surface area contributed by atoms with Crippen molar-refractivity contribution in [1.29, 1.82) is 0 Å². The maximum Gasteiger partial charge on any atom is 0 e. The van der Waals surface area contributed by atoms with Gasteiger partial charge in [-0.25, -0.2) is 0 Å². The van der Waals surface area contributed by atoms with Crippen LogP contribution in [0.4, 0.5) is 0 Å². The van der Waals surface area contributed by atoms with Crippen molar-refractivity contribution in [3.05, 3.63) is 0 Å². The molecule has 1 unspecified atom stereocenters. The van der Waals surface area contributed by atoms with Crippen molar-refractivity contribution in [2.45, 2.75) is 6.92 Å². The summed E-state index contributed by atoms with van der Waals surface area (Å²) in [6.45, 7) is 4.40. The van der Waals surface area contributed by atoms with Crippen molar-refractivity contribution in [3.8, 4) is 0 Å². The highest BCUT2D eigenvalue weighted by Crippen LogP contribution is 1.95. The Morgan fingerprint density at radius 2 is 1.80 bits per heavy atom. The quantitative estimate of drug-likeness (QED) is 0.340. The summed E-state index contributed by atoms with van der Waals surface area (Å²) in [4.78, 5) is 0. The highest BCUT2D eigenvalue weighted by atomic mass is 31.1. The fourth-order valence-corrected chi connectivity index (χ4v) is 0. The highest BCUT2D eigenvalue weighted by Gasteiger charge is 1.55. The van der Waals surface area contributed by atoms with E-state index in [0.717, 1.165) is 8.58 Å². The minimum Gasteiger partial charge on any atom is -0.126 e. The van der Waals surface area contributed by atoms with E-state index in [0.29, 0.717) is 0 Å². The molecule has 28 valence electrons. The Kier molecular flexibility index (Phi) is 17.0. The first-order chi connectivity index (χ1) is 1.91.